The van der Waals surface area contributed by atoms with E-state index in [4.69, 9.17) is 0 Å². The average Bonchev–Trinajstić information content (AvgIpc) is 2.56. The van der Waals surface area contributed by atoms with Crippen LogP contribution in [-0.2, 0) is 4.79 Å². The number of ketones is 1. The van der Waals surface area contributed by atoms with Gasteiger partial charge in [-0.25, -0.2) is 0 Å². The van der Waals surface area contributed by atoms with Gasteiger partial charge in [0.1, 0.15) is 0 Å². The molecule has 0 radical (unpaired) electrons. The summed E-state index contributed by atoms with van der Waals surface area (Å²) >= 11 is 0. The van der Waals surface area contributed by atoms with Crippen LogP contribution in [-0.4, -0.2) is 17.9 Å². The second-order valence-electron chi connectivity index (χ2n) is 5.17. The Bertz CT molecular complexity index is 206. The molecule has 1 unspecified atom stereocenters. The number of hydrogen-bond acceptors (Lipinski definition) is 2. The van der Waals surface area contributed by atoms with Gasteiger partial charge in [0.2, 0.25) is 0 Å². The molecule has 0 amide bonds. The van der Waals surface area contributed by atoms with Crippen molar-refractivity contribution in [1.82, 2.24) is 5.32 Å². The zero-order chi connectivity index (χ0) is 8.93. The van der Waals surface area contributed by atoms with Gasteiger partial charge in [0.25, 0.3) is 0 Å². The topological polar surface area (TPSA) is 29.1 Å². The zero-order valence-corrected chi connectivity index (χ0v) is 8.05. The summed E-state index contributed by atoms with van der Waals surface area (Å²) < 4.78 is 0. The summed E-state index contributed by atoms with van der Waals surface area (Å²) in [5.74, 6) is 1.20. The van der Waals surface area contributed by atoms with Gasteiger partial charge in [-0.3, -0.25) is 4.79 Å². The number of Topliss-reactive ketones (excluding diaryl/α,β-unsaturated/α-hetero) is 1. The van der Waals surface area contributed by atoms with Gasteiger partial charge < -0.3 is 5.32 Å². The second kappa shape index (κ2) is 2.32. The lowest BCUT2D eigenvalue weighted by Crippen LogP contribution is -2.40. The van der Waals surface area contributed by atoms with Crippen molar-refractivity contribution in [2.45, 2.75) is 45.7 Å². The number of nitrogens with one attached hydrogen (secondary N) is 1. The van der Waals surface area contributed by atoms with Gasteiger partial charge >= 0.3 is 0 Å². The fourth-order valence-electron chi connectivity index (χ4n) is 2.05. The van der Waals surface area contributed by atoms with Crippen LogP contribution in [0.3, 0.4) is 0 Å². The highest BCUT2D eigenvalue weighted by molar-refractivity contribution is 5.89. The molecule has 1 N–H and O–H groups in total. The Morgan fingerprint density at radius 1 is 1.33 bits per heavy atom. The molecule has 12 heavy (non-hydrogen) atoms. The minimum Gasteiger partial charge on any atom is -0.304 e. The van der Waals surface area contributed by atoms with Crippen molar-refractivity contribution in [3.63, 3.8) is 0 Å². The van der Waals surface area contributed by atoms with E-state index in [9.17, 15) is 4.79 Å². The van der Waals surface area contributed by atoms with Crippen molar-refractivity contribution in [1.29, 1.82) is 0 Å². The van der Waals surface area contributed by atoms with Gasteiger partial charge in [0.05, 0.1) is 6.04 Å². The van der Waals surface area contributed by atoms with Crippen LogP contribution in [0, 0.1) is 11.3 Å². The fraction of sp³-hybridized carbons (Fsp3) is 0.900. The highest BCUT2D eigenvalue weighted by Crippen LogP contribution is 2.42. The Balaban J connectivity index is 1.97. The van der Waals surface area contributed by atoms with Crippen LogP contribution < -0.4 is 5.32 Å². The molecule has 68 valence electrons. The van der Waals surface area contributed by atoms with E-state index in [1.54, 1.807) is 0 Å². The third-order valence-electron chi connectivity index (χ3n) is 2.93. The molecule has 0 aromatic carbocycles. The highest BCUT2D eigenvalue weighted by atomic mass is 16.1. The Morgan fingerprint density at radius 3 is 2.42 bits per heavy atom. The molecule has 1 heterocycles. The molecule has 2 aliphatic rings. The van der Waals surface area contributed by atoms with E-state index in [0.29, 0.717) is 11.8 Å². The van der Waals surface area contributed by atoms with Gasteiger partial charge in [0, 0.05) is 11.5 Å². The predicted molar refractivity (Wildman–Crippen MR) is 47.9 cm³/mol. The minimum absolute atomic E-state index is 0.161. The third-order valence-corrected chi connectivity index (χ3v) is 2.93. The Hall–Kier alpha value is -0.370. The first-order valence-electron chi connectivity index (χ1n) is 4.79. The van der Waals surface area contributed by atoms with Gasteiger partial charge in [-0.2, -0.15) is 0 Å². The lowest BCUT2D eigenvalue weighted by Gasteiger charge is -2.22. The molecule has 0 aromatic rings. The largest absolute Gasteiger partial charge is 0.304 e. The quantitative estimate of drug-likeness (QED) is 0.638. The predicted octanol–water partition coefficient (Wildman–Crippen LogP) is 1.35. The Morgan fingerprint density at radius 2 is 2.00 bits per heavy atom. The summed E-state index contributed by atoms with van der Waals surface area (Å²) in [7, 11) is 0. The SMILES string of the molecule is CC(C)(C)C(=O)[C@@H]1CC2C[C@@H]2N1. The van der Waals surface area contributed by atoms with Gasteiger partial charge in [-0.1, -0.05) is 20.8 Å². The molecule has 3 atom stereocenters. The van der Waals surface area contributed by atoms with E-state index >= 15 is 0 Å². The number of fused-ring (bicyclic) bond motifs is 1. The Kier molecular flexibility index (Phi) is 1.59. The molecular weight excluding hydrogens is 150 g/mol. The maximum atomic E-state index is 11.8. The second-order valence-corrected chi connectivity index (χ2v) is 5.17. The van der Waals surface area contributed by atoms with Crippen molar-refractivity contribution in [3.05, 3.63) is 0 Å². The van der Waals surface area contributed by atoms with Crippen molar-refractivity contribution < 1.29 is 4.79 Å². The molecule has 1 aliphatic heterocycles. The lowest BCUT2D eigenvalue weighted by molar-refractivity contribution is -0.128. The standard InChI is InChI=1S/C10H17NO/c1-10(2,3)9(12)8-5-6-4-7(6)11-8/h6-8,11H,4-5H2,1-3H3/t6?,7-,8-/m0/s1. The number of piperidine rings is 1. The molecule has 0 spiro atoms. The fourth-order valence-corrected chi connectivity index (χ4v) is 2.05. The number of carbonyl (C=O) groups is 1. The van der Waals surface area contributed by atoms with Crippen LogP contribution in [0.1, 0.15) is 33.6 Å². The molecule has 1 saturated heterocycles. The summed E-state index contributed by atoms with van der Waals surface area (Å²) in [4.78, 5) is 11.8. The lowest BCUT2D eigenvalue weighted by atomic mass is 9.85. The van der Waals surface area contributed by atoms with E-state index in [1.807, 2.05) is 20.8 Å². The Labute approximate surface area is 73.7 Å². The first-order chi connectivity index (χ1) is 5.48. The van der Waals surface area contributed by atoms with Crippen LogP contribution in [0.25, 0.3) is 0 Å². The molecule has 1 aliphatic carbocycles. The third kappa shape index (κ3) is 1.28. The summed E-state index contributed by atoms with van der Waals surface area (Å²) in [6, 6.07) is 0.843. The van der Waals surface area contributed by atoms with Crippen LogP contribution in [0.2, 0.25) is 0 Å². The van der Waals surface area contributed by atoms with Gasteiger partial charge in [-0.15, -0.1) is 0 Å². The normalized spacial score (nSPS) is 39.4. The molecule has 2 nitrogen and oxygen atoms in total. The summed E-state index contributed by atoms with van der Waals surface area (Å²) in [6.07, 6.45) is 2.38. The van der Waals surface area contributed by atoms with E-state index in [-0.39, 0.29) is 11.5 Å². The molecule has 0 bridgehead atoms. The molecular formula is C10H17NO. The summed E-state index contributed by atoms with van der Waals surface area (Å²) in [5, 5.41) is 3.38. The maximum Gasteiger partial charge on any atom is 0.155 e. The first-order valence-corrected chi connectivity index (χ1v) is 4.79. The molecule has 2 fully saturated rings. The van der Waals surface area contributed by atoms with Crippen LogP contribution >= 0.6 is 0 Å². The molecule has 2 heteroatoms. The van der Waals surface area contributed by atoms with E-state index in [0.717, 1.165) is 12.3 Å². The molecule has 0 aromatic heterocycles. The van der Waals surface area contributed by atoms with Crippen molar-refractivity contribution in [3.8, 4) is 0 Å². The van der Waals surface area contributed by atoms with Crippen LogP contribution in [0.5, 0.6) is 0 Å². The van der Waals surface area contributed by atoms with Gasteiger partial charge in [0.15, 0.2) is 5.78 Å². The number of rotatable bonds is 1. The molecule has 1 saturated carbocycles. The minimum atomic E-state index is -0.172. The van der Waals surface area contributed by atoms with E-state index in [2.05, 4.69) is 5.32 Å². The summed E-state index contributed by atoms with van der Waals surface area (Å²) in [5.41, 5.74) is -0.172. The van der Waals surface area contributed by atoms with Crippen molar-refractivity contribution in [2.75, 3.05) is 0 Å². The monoisotopic (exact) mass is 167 g/mol. The van der Waals surface area contributed by atoms with Gasteiger partial charge in [-0.05, 0) is 18.8 Å². The number of hydrogen-bond donors (Lipinski definition) is 1. The van der Waals surface area contributed by atoms with Crippen LogP contribution in [0.15, 0.2) is 0 Å². The van der Waals surface area contributed by atoms with Crippen molar-refractivity contribution >= 4 is 5.78 Å². The number of carbonyl (C=O) groups excluding carboxylic acids is 1. The summed E-state index contributed by atoms with van der Waals surface area (Å²) in [6.45, 7) is 6.00. The first kappa shape index (κ1) is 8.24. The average molecular weight is 167 g/mol. The maximum absolute atomic E-state index is 11.8. The zero-order valence-electron chi connectivity index (χ0n) is 8.05. The van der Waals surface area contributed by atoms with Crippen molar-refractivity contribution in [2.24, 2.45) is 11.3 Å². The smallest absolute Gasteiger partial charge is 0.155 e. The van der Waals surface area contributed by atoms with E-state index < -0.39 is 0 Å². The van der Waals surface area contributed by atoms with E-state index in [1.165, 1.54) is 6.42 Å². The molecule has 2 rings (SSSR count). The van der Waals surface area contributed by atoms with Crippen LogP contribution in [0.4, 0.5) is 0 Å². The highest BCUT2D eigenvalue weighted by Gasteiger charge is 2.49.